The van der Waals surface area contributed by atoms with Crippen molar-refractivity contribution in [1.29, 1.82) is 0 Å². The largest absolute Gasteiger partial charge is 0.458 e. The summed E-state index contributed by atoms with van der Waals surface area (Å²) in [4.78, 5) is 0. The van der Waals surface area contributed by atoms with Gasteiger partial charge in [0.1, 0.15) is 5.76 Å². The van der Waals surface area contributed by atoms with Gasteiger partial charge >= 0.3 is 0 Å². The third-order valence-corrected chi connectivity index (χ3v) is 3.69. The first kappa shape index (κ1) is 13.0. The molecular weight excluding hydrogens is 280 g/mol. The molecule has 0 aliphatic heterocycles. The van der Waals surface area contributed by atoms with Crippen LogP contribution in [0.3, 0.4) is 0 Å². The van der Waals surface area contributed by atoms with E-state index in [0.717, 1.165) is 17.7 Å². The van der Waals surface area contributed by atoms with Crippen LogP contribution < -0.4 is 5.32 Å². The normalized spacial score (nSPS) is 13.2. The van der Waals surface area contributed by atoms with E-state index < -0.39 is 0 Å². The van der Waals surface area contributed by atoms with Crippen molar-refractivity contribution in [3.8, 4) is 0 Å². The molecule has 1 unspecified atom stereocenters. The van der Waals surface area contributed by atoms with Gasteiger partial charge in [0.2, 0.25) is 0 Å². The van der Waals surface area contributed by atoms with Crippen LogP contribution in [-0.4, -0.2) is 6.54 Å². The molecule has 0 radical (unpaired) electrons. The molecule has 0 aliphatic carbocycles. The van der Waals surface area contributed by atoms with Gasteiger partial charge in [0.25, 0.3) is 0 Å². The molecule has 1 N–H and O–H groups in total. The second kappa shape index (κ2) is 5.07. The number of fused-ring (bicyclic) bond motifs is 1. The number of benzene rings is 1. The molecule has 0 aliphatic rings. The van der Waals surface area contributed by atoms with Gasteiger partial charge in [0, 0.05) is 5.39 Å². The molecular formula is C12H12Cl3NO. The van der Waals surface area contributed by atoms with Gasteiger partial charge in [-0.05, 0) is 25.6 Å². The molecule has 0 amide bonds. The average molecular weight is 293 g/mol. The third-order valence-electron chi connectivity index (χ3n) is 2.60. The molecule has 1 atom stereocenters. The second-order valence-corrected chi connectivity index (χ2v) is 5.02. The Morgan fingerprint density at radius 1 is 1.24 bits per heavy atom. The minimum absolute atomic E-state index is 0.110. The van der Waals surface area contributed by atoms with Crippen molar-refractivity contribution >= 4 is 45.8 Å². The van der Waals surface area contributed by atoms with Gasteiger partial charge in [-0.2, -0.15) is 0 Å². The third kappa shape index (κ3) is 2.41. The van der Waals surface area contributed by atoms with Crippen LogP contribution in [0.5, 0.6) is 0 Å². The maximum Gasteiger partial charge on any atom is 0.154 e. The highest BCUT2D eigenvalue weighted by atomic mass is 35.5. The zero-order valence-electron chi connectivity index (χ0n) is 9.48. The minimum atomic E-state index is 0.110. The van der Waals surface area contributed by atoms with Gasteiger partial charge in [0.05, 0.1) is 21.1 Å². The fourth-order valence-corrected chi connectivity index (χ4v) is 2.45. The molecule has 1 aromatic heterocycles. The summed E-state index contributed by atoms with van der Waals surface area (Å²) in [6.45, 7) is 4.92. The Bertz CT molecular complexity index is 550. The summed E-state index contributed by atoms with van der Waals surface area (Å²) in [7, 11) is 0. The minimum Gasteiger partial charge on any atom is -0.458 e. The predicted octanol–water partition coefficient (Wildman–Crippen LogP) is 5.06. The van der Waals surface area contributed by atoms with Crippen LogP contribution in [0.15, 0.2) is 16.5 Å². The molecule has 0 bridgehead atoms. The maximum atomic E-state index is 6.12. The molecule has 92 valence electrons. The fraction of sp³-hybridized carbons (Fsp3) is 0.333. The highest BCUT2D eigenvalue weighted by Gasteiger charge is 2.16. The first-order valence-corrected chi connectivity index (χ1v) is 6.48. The van der Waals surface area contributed by atoms with E-state index in [1.54, 1.807) is 6.07 Å². The summed E-state index contributed by atoms with van der Waals surface area (Å²) in [5.41, 5.74) is 0.584. The number of furan rings is 1. The predicted molar refractivity (Wildman–Crippen MR) is 73.3 cm³/mol. The van der Waals surface area contributed by atoms with Crippen molar-refractivity contribution in [3.63, 3.8) is 0 Å². The fourth-order valence-electron chi connectivity index (χ4n) is 1.74. The van der Waals surface area contributed by atoms with Crippen molar-refractivity contribution in [2.45, 2.75) is 19.9 Å². The SMILES string of the molecule is CCNC(C)c1cc2c(Cl)c(Cl)cc(Cl)c2o1. The van der Waals surface area contributed by atoms with Gasteiger partial charge < -0.3 is 9.73 Å². The molecule has 0 saturated heterocycles. The summed E-state index contributed by atoms with van der Waals surface area (Å²) < 4.78 is 5.71. The second-order valence-electron chi connectivity index (χ2n) is 3.83. The van der Waals surface area contributed by atoms with Crippen molar-refractivity contribution in [2.24, 2.45) is 0 Å². The molecule has 5 heteroatoms. The topological polar surface area (TPSA) is 25.2 Å². The van der Waals surface area contributed by atoms with Crippen LogP contribution in [0.25, 0.3) is 11.0 Å². The highest BCUT2D eigenvalue weighted by molar-refractivity contribution is 6.47. The summed E-state index contributed by atoms with van der Waals surface area (Å²) in [6, 6.07) is 3.58. The van der Waals surface area contributed by atoms with Gasteiger partial charge in [-0.15, -0.1) is 0 Å². The lowest BCUT2D eigenvalue weighted by Crippen LogP contribution is -2.16. The van der Waals surface area contributed by atoms with E-state index in [9.17, 15) is 0 Å². The lowest BCUT2D eigenvalue weighted by atomic mass is 10.2. The molecule has 0 fully saturated rings. The van der Waals surface area contributed by atoms with E-state index in [1.807, 2.05) is 19.9 Å². The van der Waals surface area contributed by atoms with Crippen molar-refractivity contribution in [1.82, 2.24) is 5.32 Å². The number of rotatable bonds is 3. The van der Waals surface area contributed by atoms with Crippen molar-refractivity contribution in [3.05, 3.63) is 33.0 Å². The molecule has 1 aromatic carbocycles. The van der Waals surface area contributed by atoms with E-state index in [2.05, 4.69) is 5.32 Å². The van der Waals surface area contributed by atoms with E-state index in [0.29, 0.717) is 20.7 Å². The molecule has 0 saturated carbocycles. The molecule has 2 rings (SSSR count). The highest BCUT2D eigenvalue weighted by Crippen LogP contribution is 2.38. The summed E-state index contributed by atoms with van der Waals surface area (Å²) in [5, 5.41) is 5.41. The molecule has 1 heterocycles. The average Bonchev–Trinajstić information content (AvgIpc) is 2.72. The molecule has 17 heavy (non-hydrogen) atoms. The zero-order valence-corrected chi connectivity index (χ0v) is 11.7. The van der Waals surface area contributed by atoms with Crippen LogP contribution in [0, 0.1) is 0 Å². The Hall–Kier alpha value is -0.410. The Balaban J connectivity index is 2.57. The van der Waals surface area contributed by atoms with Gasteiger partial charge in [-0.1, -0.05) is 41.7 Å². The van der Waals surface area contributed by atoms with Crippen LogP contribution in [0.4, 0.5) is 0 Å². The zero-order chi connectivity index (χ0) is 12.6. The summed E-state index contributed by atoms with van der Waals surface area (Å²) >= 11 is 18.2. The quantitative estimate of drug-likeness (QED) is 0.800. The van der Waals surface area contributed by atoms with E-state index in [4.69, 9.17) is 39.2 Å². The lowest BCUT2D eigenvalue weighted by molar-refractivity contribution is 0.459. The van der Waals surface area contributed by atoms with Crippen molar-refractivity contribution < 1.29 is 4.42 Å². The van der Waals surface area contributed by atoms with Gasteiger partial charge in [0.15, 0.2) is 5.58 Å². The Morgan fingerprint density at radius 3 is 2.59 bits per heavy atom. The van der Waals surface area contributed by atoms with Crippen LogP contribution >= 0.6 is 34.8 Å². The van der Waals surface area contributed by atoms with Crippen LogP contribution in [-0.2, 0) is 0 Å². The van der Waals surface area contributed by atoms with E-state index in [1.165, 1.54) is 0 Å². The van der Waals surface area contributed by atoms with Crippen molar-refractivity contribution in [2.75, 3.05) is 6.54 Å². The van der Waals surface area contributed by atoms with Crippen LogP contribution in [0.1, 0.15) is 25.6 Å². The molecule has 2 aromatic rings. The number of hydrogen-bond acceptors (Lipinski definition) is 2. The summed E-state index contributed by atoms with van der Waals surface area (Å²) in [6.07, 6.45) is 0. The molecule has 2 nitrogen and oxygen atoms in total. The Morgan fingerprint density at radius 2 is 1.94 bits per heavy atom. The Kier molecular flexibility index (Phi) is 3.88. The van der Waals surface area contributed by atoms with Crippen LogP contribution in [0.2, 0.25) is 15.1 Å². The molecule has 0 spiro atoms. The smallest absolute Gasteiger partial charge is 0.154 e. The standard InChI is InChI=1S/C12H12Cl3NO/c1-3-16-6(2)10-4-7-11(15)8(13)5-9(14)12(7)17-10/h4-6,16H,3H2,1-2H3. The number of hydrogen-bond donors (Lipinski definition) is 1. The summed E-state index contributed by atoms with van der Waals surface area (Å²) in [5.74, 6) is 0.799. The lowest BCUT2D eigenvalue weighted by Gasteiger charge is -2.07. The monoisotopic (exact) mass is 291 g/mol. The Labute approximate surface area is 115 Å². The van der Waals surface area contributed by atoms with E-state index in [-0.39, 0.29) is 6.04 Å². The van der Waals surface area contributed by atoms with Gasteiger partial charge in [-0.3, -0.25) is 0 Å². The first-order valence-electron chi connectivity index (χ1n) is 5.35. The van der Waals surface area contributed by atoms with Gasteiger partial charge in [-0.25, -0.2) is 0 Å². The maximum absolute atomic E-state index is 6.12. The number of halogens is 3. The van der Waals surface area contributed by atoms with E-state index >= 15 is 0 Å². The first-order chi connectivity index (χ1) is 8.04. The number of nitrogens with one attached hydrogen (secondary N) is 1.